The second-order valence-electron chi connectivity index (χ2n) is 2.74. The predicted octanol–water partition coefficient (Wildman–Crippen LogP) is 1.65. The molecule has 1 aromatic rings. The van der Waals surface area contributed by atoms with E-state index in [1.54, 1.807) is 0 Å². The van der Waals surface area contributed by atoms with Crippen LogP contribution >= 0.6 is 45.2 Å². The number of fused-ring (bicyclic) bond motifs is 1. The Morgan fingerprint density at radius 2 is 1.50 bits per heavy atom. The largest absolute Gasteiger partial charge is 0.345 e. The van der Waals surface area contributed by atoms with Crippen LogP contribution < -0.4 is 0 Å². The molecular weight excluding hydrogens is 404 g/mol. The van der Waals surface area contributed by atoms with Crippen LogP contribution in [0, 0.1) is 7.40 Å². The van der Waals surface area contributed by atoms with Gasteiger partial charge in [0.15, 0.2) is 9.84 Å². The highest BCUT2D eigenvalue weighted by Crippen LogP contribution is 2.32. The fourth-order valence-corrected chi connectivity index (χ4v) is 5.53. The van der Waals surface area contributed by atoms with Gasteiger partial charge in [-0.1, -0.05) is 0 Å². The van der Waals surface area contributed by atoms with E-state index in [1.807, 2.05) is 0 Å². The summed E-state index contributed by atoms with van der Waals surface area (Å²) < 4.78 is 24.4. The van der Waals surface area contributed by atoms with Crippen LogP contribution in [0.5, 0.6) is 0 Å². The van der Waals surface area contributed by atoms with Crippen molar-refractivity contribution in [3.63, 3.8) is 0 Å². The molecule has 1 aliphatic rings. The van der Waals surface area contributed by atoms with E-state index in [1.165, 1.54) is 0 Å². The van der Waals surface area contributed by atoms with Crippen LogP contribution in [0.2, 0.25) is 0 Å². The fourth-order valence-electron chi connectivity index (χ4n) is 1.30. The molecule has 1 aromatic heterocycles. The SMILES string of the molecule is O=S1(=O)Cc2c(I)[nH]c(I)c2C1. The molecule has 12 heavy (non-hydrogen) atoms. The lowest BCUT2D eigenvalue weighted by Gasteiger charge is -1.90. The van der Waals surface area contributed by atoms with Gasteiger partial charge in [-0.15, -0.1) is 0 Å². The van der Waals surface area contributed by atoms with Gasteiger partial charge in [0.2, 0.25) is 0 Å². The smallest absolute Gasteiger partial charge is 0.158 e. The molecule has 0 amide bonds. The molecule has 0 saturated carbocycles. The molecule has 0 spiro atoms. The maximum absolute atomic E-state index is 11.2. The highest BCUT2D eigenvalue weighted by atomic mass is 127. The molecule has 0 unspecified atom stereocenters. The van der Waals surface area contributed by atoms with Gasteiger partial charge < -0.3 is 4.98 Å². The third kappa shape index (κ3) is 1.41. The van der Waals surface area contributed by atoms with Crippen LogP contribution in [0.25, 0.3) is 0 Å². The highest BCUT2D eigenvalue weighted by Gasteiger charge is 2.30. The first kappa shape index (κ1) is 9.25. The maximum Gasteiger partial charge on any atom is 0.158 e. The zero-order chi connectivity index (χ0) is 8.93. The third-order valence-electron chi connectivity index (χ3n) is 1.84. The topological polar surface area (TPSA) is 49.9 Å². The lowest BCUT2D eigenvalue weighted by atomic mass is 10.2. The van der Waals surface area contributed by atoms with E-state index >= 15 is 0 Å². The van der Waals surface area contributed by atoms with Crippen molar-refractivity contribution in [2.75, 3.05) is 0 Å². The van der Waals surface area contributed by atoms with Gasteiger partial charge in [-0.25, -0.2) is 8.42 Å². The van der Waals surface area contributed by atoms with Crippen molar-refractivity contribution < 1.29 is 8.42 Å². The Hall–Kier alpha value is 0.690. The third-order valence-corrected chi connectivity index (χ3v) is 5.14. The van der Waals surface area contributed by atoms with Crippen molar-refractivity contribution in [1.82, 2.24) is 4.98 Å². The normalized spacial score (nSPS) is 19.5. The van der Waals surface area contributed by atoms with Crippen molar-refractivity contribution in [2.45, 2.75) is 11.5 Å². The lowest BCUT2D eigenvalue weighted by molar-refractivity contribution is 0.597. The molecule has 0 aromatic carbocycles. The van der Waals surface area contributed by atoms with Crippen LogP contribution in [0.4, 0.5) is 0 Å². The van der Waals surface area contributed by atoms with Crippen LogP contribution in [0.3, 0.4) is 0 Å². The van der Waals surface area contributed by atoms with E-state index in [-0.39, 0.29) is 11.5 Å². The van der Waals surface area contributed by atoms with E-state index in [4.69, 9.17) is 0 Å². The summed E-state index contributed by atoms with van der Waals surface area (Å²) in [7, 11) is -2.84. The first-order valence-corrected chi connectivity index (χ1v) is 7.22. The summed E-state index contributed by atoms with van der Waals surface area (Å²) in [5.41, 5.74) is 1.94. The Morgan fingerprint density at radius 1 is 1.08 bits per heavy atom. The number of sulfone groups is 1. The number of hydrogen-bond donors (Lipinski definition) is 1. The van der Waals surface area contributed by atoms with Crippen molar-refractivity contribution in [1.29, 1.82) is 0 Å². The highest BCUT2D eigenvalue weighted by molar-refractivity contribution is 14.1. The predicted molar refractivity (Wildman–Crippen MR) is 62.6 cm³/mol. The fraction of sp³-hybridized carbons (Fsp3) is 0.333. The molecular formula is C6H5I2NO2S. The van der Waals surface area contributed by atoms with Gasteiger partial charge in [0.25, 0.3) is 0 Å². The number of H-pyrrole nitrogens is 1. The zero-order valence-corrected chi connectivity index (χ0v) is 11.0. The average molecular weight is 409 g/mol. The van der Waals surface area contributed by atoms with Crippen LogP contribution in [0.1, 0.15) is 11.1 Å². The molecule has 6 heteroatoms. The quantitative estimate of drug-likeness (QED) is 0.663. The summed E-state index contributed by atoms with van der Waals surface area (Å²) in [6.45, 7) is 0. The van der Waals surface area contributed by atoms with Gasteiger partial charge in [-0.2, -0.15) is 0 Å². The number of rotatable bonds is 0. The number of aromatic nitrogens is 1. The minimum absolute atomic E-state index is 0.208. The molecule has 0 fully saturated rings. The molecule has 0 radical (unpaired) electrons. The monoisotopic (exact) mass is 409 g/mol. The molecule has 1 aliphatic heterocycles. The zero-order valence-electron chi connectivity index (χ0n) is 5.89. The number of aromatic amines is 1. The van der Waals surface area contributed by atoms with Gasteiger partial charge in [-0.3, -0.25) is 0 Å². The van der Waals surface area contributed by atoms with Gasteiger partial charge in [-0.05, 0) is 45.2 Å². The molecule has 0 saturated heterocycles. The Labute approximate surface area is 97.5 Å². The molecule has 2 rings (SSSR count). The lowest BCUT2D eigenvalue weighted by Crippen LogP contribution is -1.98. The number of nitrogens with one attached hydrogen (secondary N) is 1. The second kappa shape index (κ2) is 2.84. The summed E-state index contributed by atoms with van der Waals surface area (Å²) in [6.07, 6.45) is 0. The first-order chi connectivity index (χ1) is 5.49. The summed E-state index contributed by atoms with van der Waals surface area (Å²) in [5, 5.41) is 0. The van der Waals surface area contributed by atoms with Crippen LogP contribution in [-0.4, -0.2) is 13.4 Å². The van der Waals surface area contributed by atoms with E-state index in [9.17, 15) is 8.42 Å². The standard InChI is InChI=1S/C6H5I2NO2S/c7-5-3-1-12(10,11)2-4(3)6(8)9-5/h9H,1-2H2. The van der Waals surface area contributed by atoms with Gasteiger partial charge in [0, 0.05) is 11.1 Å². The van der Waals surface area contributed by atoms with Gasteiger partial charge >= 0.3 is 0 Å². The van der Waals surface area contributed by atoms with E-state index < -0.39 is 9.84 Å². The molecule has 0 atom stereocenters. The molecule has 66 valence electrons. The Bertz CT molecular complexity index is 402. The summed E-state index contributed by atoms with van der Waals surface area (Å²) in [5.74, 6) is 0.417. The molecule has 1 N–H and O–H groups in total. The van der Waals surface area contributed by atoms with Gasteiger partial charge in [0.1, 0.15) is 0 Å². The Balaban J connectivity index is 2.64. The van der Waals surface area contributed by atoms with Crippen LogP contribution in [-0.2, 0) is 21.3 Å². The summed E-state index contributed by atoms with van der Waals surface area (Å²) >= 11 is 4.28. The summed E-state index contributed by atoms with van der Waals surface area (Å²) in [4.78, 5) is 3.12. The Morgan fingerprint density at radius 3 is 1.92 bits per heavy atom. The molecule has 3 nitrogen and oxygen atoms in total. The average Bonchev–Trinajstić information content (AvgIpc) is 2.34. The van der Waals surface area contributed by atoms with Crippen molar-refractivity contribution in [3.05, 3.63) is 18.5 Å². The first-order valence-electron chi connectivity index (χ1n) is 3.25. The maximum atomic E-state index is 11.2. The molecule has 0 aliphatic carbocycles. The number of hydrogen-bond acceptors (Lipinski definition) is 2. The van der Waals surface area contributed by atoms with E-state index in [0.29, 0.717) is 0 Å². The minimum Gasteiger partial charge on any atom is -0.345 e. The molecule has 2 heterocycles. The van der Waals surface area contributed by atoms with Gasteiger partial charge in [0.05, 0.1) is 18.9 Å². The second-order valence-corrected chi connectivity index (χ2v) is 6.96. The van der Waals surface area contributed by atoms with Crippen molar-refractivity contribution in [3.8, 4) is 0 Å². The van der Waals surface area contributed by atoms with Crippen molar-refractivity contribution >= 4 is 55.0 Å². The Kier molecular flexibility index (Phi) is 2.19. The summed E-state index contributed by atoms with van der Waals surface area (Å²) in [6, 6.07) is 0. The number of halogens is 2. The molecule has 0 bridgehead atoms. The van der Waals surface area contributed by atoms with E-state index in [0.717, 1.165) is 18.5 Å². The van der Waals surface area contributed by atoms with Crippen molar-refractivity contribution in [2.24, 2.45) is 0 Å². The van der Waals surface area contributed by atoms with Crippen LogP contribution in [0.15, 0.2) is 0 Å². The minimum atomic E-state index is -2.84. The van der Waals surface area contributed by atoms with E-state index in [2.05, 4.69) is 50.2 Å².